The average molecular weight is 394 g/mol. The predicted octanol–water partition coefficient (Wildman–Crippen LogP) is 2.74. The zero-order chi connectivity index (χ0) is 20.5. The lowest BCUT2D eigenvalue weighted by Crippen LogP contribution is -2.50. The molecule has 0 saturated heterocycles. The number of benzene rings is 2. The summed E-state index contributed by atoms with van der Waals surface area (Å²) in [7, 11) is 0. The van der Waals surface area contributed by atoms with Gasteiger partial charge >= 0.3 is 0 Å². The molecule has 7 nitrogen and oxygen atoms in total. The van der Waals surface area contributed by atoms with E-state index < -0.39 is 17.9 Å². The molecule has 2 heterocycles. The molecule has 2 aliphatic rings. The van der Waals surface area contributed by atoms with E-state index in [9.17, 15) is 14.4 Å². The van der Waals surface area contributed by atoms with Crippen molar-refractivity contribution in [3.63, 3.8) is 0 Å². The van der Waals surface area contributed by atoms with E-state index in [1.54, 1.807) is 30.3 Å². The molecule has 0 unspecified atom stereocenters. The maximum absolute atomic E-state index is 13.0. The first-order chi connectivity index (χ1) is 14.0. The molecule has 4 rings (SSSR count). The Labute approximate surface area is 168 Å². The summed E-state index contributed by atoms with van der Waals surface area (Å²) >= 11 is 0. The maximum Gasteiger partial charge on any atom is 0.262 e. The van der Waals surface area contributed by atoms with Crippen molar-refractivity contribution in [2.24, 2.45) is 5.92 Å². The topological polar surface area (TPSA) is 84.9 Å². The third-order valence-corrected chi connectivity index (χ3v) is 5.04. The van der Waals surface area contributed by atoms with Gasteiger partial charge in [0, 0.05) is 6.54 Å². The number of nitrogens with one attached hydrogen (secondary N) is 1. The summed E-state index contributed by atoms with van der Waals surface area (Å²) in [5.41, 5.74) is 1.53. The summed E-state index contributed by atoms with van der Waals surface area (Å²) in [6.07, 6.45) is 0.387. The molecule has 1 atom stereocenters. The van der Waals surface area contributed by atoms with E-state index in [0.717, 1.165) is 10.5 Å². The van der Waals surface area contributed by atoms with Gasteiger partial charge in [-0.1, -0.05) is 32.0 Å². The Morgan fingerprint density at radius 1 is 1.03 bits per heavy atom. The van der Waals surface area contributed by atoms with Gasteiger partial charge in [-0.3, -0.25) is 19.3 Å². The smallest absolute Gasteiger partial charge is 0.262 e. The summed E-state index contributed by atoms with van der Waals surface area (Å²) in [4.78, 5) is 39.8. The van der Waals surface area contributed by atoms with E-state index in [0.29, 0.717) is 29.0 Å². The molecule has 3 amide bonds. The Bertz CT molecular complexity index is 950. The third kappa shape index (κ3) is 3.55. The van der Waals surface area contributed by atoms with Crippen LogP contribution < -0.4 is 14.8 Å². The van der Waals surface area contributed by atoms with Crippen LogP contribution in [0, 0.1) is 5.92 Å². The third-order valence-electron chi connectivity index (χ3n) is 5.04. The van der Waals surface area contributed by atoms with Crippen molar-refractivity contribution in [1.82, 2.24) is 10.2 Å². The van der Waals surface area contributed by atoms with Crippen molar-refractivity contribution in [2.75, 3.05) is 6.79 Å². The molecule has 0 aromatic heterocycles. The van der Waals surface area contributed by atoms with Crippen molar-refractivity contribution in [3.05, 3.63) is 59.2 Å². The van der Waals surface area contributed by atoms with Crippen LogP contribution in [0.5, 0.6) is 11.5 Å². The molecule has 1 N–H and O–H groups in total. The first kappa shape index (κ1) is 19.0. The first-order valence-electron chi connectivity index (χ1n) is 9.59. The zero-order valence-electron chi connectivity index (χ0n) is 16.3. The molecule has 0 fully saturated rings. The fraction of sp³-hybridized carbons (Fsp3) is 0.318. The summed E-state index contributed by atoms with van der Waals surface area (Å²) in [5, 5.41) is 2.86. The van der Waals surface area contributed by atoms with Crippen LogP contribution in [-0.2, 0) is 11.3 Å². The molecular weight excluding hydrogens is 372 g/mol. The summed E-state index contributed by atoms with van der Waals surface area (Å²) in [6, 6.07) is 11.2. The van der Waals surface area contributed by atoms with Crippen molar-refractivity contribution < 1.29 is 23.9 Å². The van der Waals surface area contributed by atoms with Gasteiger partial charge in [-0.25, -0.2) is 0 Å². The van der Waals surface area contributed by atoms with Gasteiger partial charge in [-0.05, 0) is 42.2 Å². The van der Waals surface area contributed by atoms with Crippen LogP contribution >= 0.6 is 0 Å². The van der Waals surface area contributed by atoms with Gasteiger partial charge in [0.2, 0.25) is 12.7 Å². The second-order valence-corrected chi connectivity index (χ2v) is 7.58. The summed E-state index contributed by atoms with van der Waals surface area (Å²) < 4.78 is 10.7. The van der Waals surface area contributed by atoms with Gasteiger partial charge in [-0.2, -0.15) is 0 Å². The number of amides is 3. The monoisotopic (exact) mass is 394 g/mol. The molecule has 0 spiro atoms. The minimum Gasteiger partial charge on any atom is -0.454 e. The van der Waals surface area contributed by atoms with Crippen molar-refractivity contribution >= 4 is 17.7 Å². The van der Waals surface area contributed by atoms with E-state index in [1.165, 1.54) is 0 Å². The van der Waals surface area contributed by atoms with Gasteiger partial charge in [0.15, 0.2) is 11.5 Å². The van der Waals surface area contributed by atoms with Crippen LogP contribution in [0.4, 0.5) is 0 Å². The molecule has 150 valence electrons. The highest BCUT2D eigenvalue weighted by molar-refractivity contribution is 6.22. The lowest BCUT2D eigenvalue weighted by Gasteiger charge is -2.26. The summed E-state index contributed by atoms with van der Waals surface area (Å²) in [5.74, 6) is 0.232. The van der Waals surface area contributed by atoms with E-state index >= 15 is 0 Å². The van der Waals surface area contributed by atoms with Crippen LogP contribution in [0.1, 0.15) is 46.5 Å². The van der Waals surface area contributed by atoms with Gasteiger partial charge in [0.05, 0.1) is 11.1 Å². The SMILES string of the molecule is CC(C)C[C@@H](C(=O)NCc1ccc2c(c1)OCO2)N1C(=O)c2ccccc2C1=O. The lowest BCUT2D eigenvalue weighted by atomic mass is 10.0. The molecule has 2 aliphatic heterocycles. The number of carbonyl (C=O) groups excluding carboxylic acids is 3. The minimum atomic E-state index is -0.864. The Balaban J connectivity index is 1.52. The first-order valence-corrected chi connectivity index (χ1v) is 9.59. The lowest BCUT2D eigenvalue weighted by molar-refractivity contribution is -0.125. The Kier molecular flexibility index (Phi) is 4.96. The van der Waals surface area contributed by atoms with Crippen LogP contribution in [0.2, 0.25) is 0 Å². The standard InChI is InChI=1S/C22H22N2O5/c1-13(2)9-17(24-21(26)15-5-3-4-6-16(15)22(24)27)20(25)23-11-14-7-8-18-19(10-14)29-12-28-18/h3-8,10,13,17H,9,11-12H2,1-2H3,(H,23,25)/t17-/m0/s1. The second kappa shape index (κ2) is 7.58. The fourth-order valence-corrected chi connectivity index (χ4v) is 3.63. The predicted molar refractivity (Wildman–Crippen MR) is 105 cm³/mol. The van der Waals surface area contributed by atoms with E-state index in [1.807, 2.05) is 26.0 Å². The molecular formula is C22H22N2O5. The Hall–Kier alpha value is -3.35. The number of ether oxygens (including phenoxy) is 2. The highest BCUT2D eigenvalue weighted by atomic mass is 16.7. The zero-order valence-corrected chi connectivity index (χ0v) is 16.3. The highest BCUT2D eigenvalue weighted by Gasteiger charge is 2.42. The number of fused-ring (bicyclic) bond motifs is 2. The molecule has 2 aromatic rings. The van der Waals surface area contributed by atoms with Gasteiger partial charge in [-0.15, -0.1) is 0 Å². The molecule has 0 radical (unpaired) electrons. The van der Waals surface area contributed by atoms with Crippen LogP contribution in [-0.4, -0.2) is 35.5 Å². The summed E-state index contributed by atoms with van der Waals surface area (Å²) in [6.45, 7) is 4.35. The number of nitrogens with zero attached hydrogens (tertiary/aromatic N) is 1. The Morgan fingerprint density at radius 3 is 2.34 bits per heavy atom. The van der Waals surface area contributed by atoms with E-state index in [2.05, 4.69) is 5.32 Å². The van der Waals surface area contributed by atoms with Crippen LogP contribution in [0.25, 0.3) is 0 Å². The number of hydrogen-bond donors (Lipinski definition) is 1. The molecule has 0 saturated carbocycles. The van der Waals surface area contributed by atoms with Gasteiger partial charge in [0.1, 0.15) is 6.04 Å². The van der Waals surface area contributed by atoms with E-state index in [4.69, 9.17) is 9.47 Å². The van der Waals surface area contributed by atoms with Crippen molar-refractivity contribution in [2.45, 2.75) is 32.9 Å². The number of carbonyl (C=O) groups is 3. The Morgan fingerprint density at radius 2 is 1.69 bits per heavy atom. The van der Waals surface area contributed by atoms with Crippen molar-refractivity contribution in [1.29, 1.82) is 0 Å². The van der Waals surface area contributed by atoms with E-state index in [-0.39, 0.29) is 25.2 Å². The molecule has 29 heavy (non-hydrogen) atoms. The largest absolute Gasteiger partial charge is 0.454 e. The average Bonchev–Trinajstić information content (AvgIpc) is 3.27. The molecule has 0 aliphatic carbocycles. The quantitative estimate of drug-likeness (QED) is 0.762. The van der Waals surface area contributed by atoms with Crippen LogP contribution in [0.15, 0.2) is 42.5 Å². The molecule has 0 bridgehead atoms. The number of hydrogen-bond acceptors (Lipinski definition) is 5. The van der Waals surface area contributed by atoms with Gasteiger partial charge in [0.25, 0.3) is 11.8 Å². The minimum absolute atomic E-state index is 0.126. The number of imide groups is 1. The molecule has 7 heteroatoms. The number of rotatable bonds is 6. The highest BCUT2D eigenvalue weighted by Crippen LogP contribution is 2.32. The van der Waals surface area contributed by atoms with Crippen molar-refractivity contribution in [3.8, 4) is 11.5 Å². The van der Waals surface area contributed by atoms with Gasteiger partial charge < -0.3 is 14.8 Å². The molecule has 2 aromatic carbocycles. The fourth-order valence-electron chi connectivity index (χ4n) is 3.63. The second-order valence-electron chi connectivity index (χ2n) is 7.58. The maximum atomic E-state index is 13.0. The van der Waals surface area contributed by atoms with Crippen LogP contribution in [0.3, 0.4) is 0 Å². The normalized spacial score (nSPS) is 15.6.